The van der Waals surface area contributed by atoms with E-state index in [0.29, 0.717) is 0 Å². The van der Waals surface area contributed by atoms with E-state index in [0.717, 1.165) is 19.3 Å². The van der Waals surface area contributed by atoms with Gasteiger partial charge in [0, 0.05) is 6.42 Å². The van der Waals surface area contributed by atoms with Crippen LogP contribution in [0.3, 0.4) is 0 Å². The Labute approximate surface area is 75.0 Å². The monoisotopic (exact) mass is 166 g/mol. The summed E-state index contributed by atoms with van der Waals surface area (Å²) in [6.07, 6.45) is 7.02. The fraction of sp³-hybridized carbons (Fsp3) is 0.600. The normalized spacial score (nSPS) is 9.50. The molecule has 1 radical (unpaired) electrons. The molecule has 0 aromatic carbocycles. The molecule has 0 rings (SSSR count). The van der Waals surface area contributed by atoms with E-state index in [1.54, 1.807) is 0 Å². The van der Waals surface area contributed by atoms with Gasteiger partial charge in [0.15, 0.2) is 0 Å². The van der Waals surface area contributed by atoms with Gasteiger partial charge in [-0.2, -0.15) is 0 Å². The van der Waals surface area contributed by atoms with Crippen LogP contribution >= 0.6 is 0 Å². The fourth-order valence-corrected chi connectivity index (χ4v) is 0.764. The van der Waals surface area contributed by atoms with Gasteiger partial charge in [-0.15, -0.1) is 0 Å². The number of nitrogens with zero attached hydrogens (tertiary/aromatic N) is 1. The molecule has 0 aromatic heterocycles. The highest BCUT2D eigenvalue weighted by Gasteiger charge is 1.82. The molecule has 2 heteroatoms. The molecule has 0 aromatic rings. The molecule has 0 saturated carbocycles. The second-order valence-corrected chi connectivity index (χ2v) is 2.40. The highest BCUT2D eigenvalue weighted by Crippen LogP contribution is 2.00. The molecule has 0 amide bonds. The zero-order valence-electron chi connectivity index (χ0n) is 7.68. The van der Waals surface area contributed by atoms with Crippen molar-refractivity contribution in [1.82, 2.24) is 0 Å². The summed E-state index contributed by atoms with van der Waals surface area (Å²) >= 11 is 0. The first-order valence-corrected chi connectivity index (χ1v) is 4.24. The van der Waals surface area contributed by atoms with Crippen LogP contribution in [0, 0.1) is 18.8 Å². The smallest absolute Gasteiger partial charge is 0.116 e. The van der Waals surface area contributed by atoms with Gasteiger partial charge in [0.05, 0.1) is 0 Å². The molecule has 2 nitrogen and oxygen atoms in total. The van der Waals surface area contributed by atoms with Crippen molar-refractivity contribution in [2.45, 2.75) is 32.1 Å². The lowest BCUT2D eigenvalue weighted by molar-refractivity contribution is 0.216. The molecule has 0 spiro atoms. The summed E-state index contributed by atoms with van der Waals surface area (Å²) in [4.78, 5) is 4.45. The van der Waals surface area contributed by atoms with Gasteiger partial charge in [0.25, 0.3) is 0 Å². The molecule has 0 bridgehead atoms. The standard InChI is InChI=1S/C10H16NO/c1-3-4-5-6-7-8-9-10-11-12-2/h10H,1,3-7H2,2H3. The number of unbranched alkanes of at least 4 members (excludes halogenated alkanes) is 4. The second-order valence-electron chi connectivity index (χ2n) is 2.40. The van der Waals surface area contributed by atoms with Crippen molar-refractivity contribution in [2.75, 3.05) is 7.11 Å². The minimum absolute atomic E-state index is 0.940. The summed E-state index contributed by atoms with van der Waals surface area (Å²) < 4.78 is 0. The molecule has 0 aliphatic rings. The van der Waals surface area contributed by atoms with Crippen LogP contribution in [0.4, 0.5) is 0 Å². The van der Waals surface area contributed by atoms with Gasteiger partial charge in [-0.25, -0.2) is 0 Å². The van der Waals surface area contributed by atoms with Gasteiger partial charge in [-0.05, 0) is 6.42 Å². The molecule has 0 atom stereocenters. The first-order valence-electron chi connectivity index (χ1n) is 4.24. The predicted octanol–water partition coefficient (Wildman–Crippen LogP) is 2.41. The third kappa shape index (κ3) is 9.03. The van der Waals surface area contributed by atoms with E-state index in [1.807, 2.05) is 0 Å². The predicted molar refractivity (Wildman–Crippen MR) is 51.7 cm³/mol. The summed E-state index contributed by atoms with van der Waals surface area (Å²) in [7, 11) is 1.51. The Kier molecular flexibility index (Phi) is 9.22. The van der Waals surface area contributed by atoms with Crippen molar-refractivity contribution in [2.24, 2.45) is 5.16 Å². The van der Waals surface area contributed by atoms with Crippen LogP contribution < -0.4 is 0 Å². The highest BCUT2D eigenvalue weighted by molar-refractivity contribution is 5.77. The Morgan fingerprint density at radius 2 is 2.25 bits per heavy atom. The average molecular weight is 166 g/mol. The number of oxime groups is 1. The summed E-state index contributed by atoms with van der Waals surface area (Å²) in [6, 6.07) is 0. The molecule has 0 fully saturated rings. The molecule has 67 valence electrons. The summed E-state index contributed by atoms with van der Waals surface area (Å²) in [5.74, 6) is 5.76. The quantitative estimate of drug-likeness (QED) is 0.266. The van der Waals surface area contributed by atoms with E-state index in [2.05, 4.69) is 28.8 Å². The van der Waals surface area contributed by atoms with Gasteiger partial charge >= 0.3 is 0 Å². The molecule has 12 heavy (non-hydrogen) atoms. The van der Waals surface area contributed by atoms with Crippen molar-refractivity contribution in [1.29, 1.82) is 0 Å². The van der Waals surface area contributed by atoms with Crippen molar-refractivity contribution in [3.05, 3.63) is 6.92 Å². The maximum absolute atomic E-state index is 4.45. The van der Waals surface area contributed by atoms with Gasteiger partial charge in [0.1, 0.15) is 13.3 Å². The van der Waals surface area contributed by atoms with E-state index >= 15 is 0 Å². The van der Waals surface area contributed by atoms with Crippen molar-refractivity contribution < 1.29 is 4.84 Å². The molecule has 0 heterocycles. The summed E-state index contributed by atoms with van der Waals surface area (Å²) in [6.45, 7) is 3.77. The van der Waals surface area contributed by atoms with Crippen molar-refractivity contribution in [3.63, 3.8) is 0 Å². The van der Waals surface area contributed by atoms with Gasteiger partial charge < -0.3 is 4.84 Å². The van der Waals surface area contributed by atoms with Gasteiger partial charge in [-0.3, -0.25) is 0 Å². The first-order chi connectivity index (χ1) is 5.91. The number of hydrogen-bond donors (Lipinski definition) is 0. The van der Waals surface area contributed by atoms with Crippen LogP contribution in [0.2, 0.25) is 0 Å². The number of hydrogen-bond acceptors (Lipinski definition) is 2. The Morgan fingerprint density at radius 1 is 1.42 bits per heavy atom. The van der Waals surface area contributed by atoms with E-state index in [1.165, 1.54) is 26.2 Å². The Morgan fingerprint density at radius 3 is 2.92 bits per heavy atom. The van der Waals surface area contributed by atoms with E-state index in [-0.39, 0.29) is 0 Å². The average Bonchev–Trinajstić information content (AvgIpc) is 2.10. The minimum atomic E-state index is 0.940. The molecule has 0 N–H and O–H groups in total. The molecule has 0 unspecified atom stereocenters. The number of rotatable bonds is 5. The zero-order chi connectivity index (χ0) is 9.07. The van der Waals surface area contributed by atoms with Gasteiger partial charge in [0.2, 0.25) is 0 Å². The topological polar surface area (TPSA) is 21.6 Å². The SMILES string of the molecule is [CH2]CCCCCC#CC=NOC. The summed E-state index contributed by atoms with van der Waals surface area (Å²) in [5, 5.41) is 3.50. The van der Waals surface area contributed by atoms with Crippen molar-refractivity contribution >= 4 is 6.21 Å². The van der Waals surface area contributed by atoms with E-state index in [9.17, 15) is 0 Å². The third-order valence-electron chi connectivity index (χ3n) is 1.38. The minimum Gasteiger partial charge on any atom is -0.399 e. The highest BCUT2D eigenvalue weighted by atomic mass is 16.6. The maximum Gasteiger partial charge on any atom is 0.116 e. The van der Waals surface area contributed by atoms with Crippen LogP contribution in [0.5, 0.6) is 0 Å². The Balaban J connectivity index is 3.15. The Bertz CT molecular complexity index is 164. The van der Waals surface area contributed by atoms with Crippen LogP contribution in [0.15, 0.2) is 5.16 Å². The van der Waals surface area contributed by atoms with Crippen molar-refractivity contribution in [3.8, 4) is 11.8 Å². The van der Waals surface area contributed by atoms with Crippen LogP contribution in [0.25, 0.3) is 0 Å². The van der Waals surface area contributed by atoms with Gasteiger partial charge in [-0.1, -0.05) is 43.2 Å². The zero-order valence-corrected chi connectivity index (χ0v) is 7.68. The molecular weight excluding hydrogens is 150 g/mol. The molecule has 0 aliphatic heterocycles. The van der Waals surface area contributed by atoms with Crippen LogP contribution in [-0.4, -0.2) is 13.3 Å². The van der Waals surface area contributed by atoms with Crippen LogP contribution in [-0.2, 0) is 4.84 Å². The van der Waals surface area contributed by atoms with E-state index in [4.69, 9.17) is 0 Å². The molecular formula is C10H16NO. The third-order valence-corrected chi connectivity index (χ3v) is 1.38. The Hall–Kier alpha value is -0.970. The summed E-state index contributed by atoms with van der Waals surface area (Å²) in [5.41, 5.74) is 0. The van der Waals surface area contributed by atoms with E-state index < -0.39 is 0 Å². The second kappa shape index (κ2) is 10.0. The lowest BCUT2D eigenvalue weighted by Gasteiger charge is -1.90. The first kappa shape index (κ1) is 11.0. The lowest BCUT2D eigenvalue weighted by atomic mass is 10.2. The lowest BCUT2D eigenvalue weighted by Crippen LogP contribution is -1.75. The fourth-order valence-electron chi connectivity index (χ4n) is 0.764. The van der Waals surface area contributed by atoms with Crippen LogP contribution in [0.1, 0.15) is 32.1 Å². The maximum atomic E-state index is 4.45. The molecule has 0 saturated heterocycles. The molecule has 0 aliphatic carbocycles. The largest absolute Gasteiger partial charge is 0.399 e.